The van der Waals surface area contributed by atoms with E-state index in [1.165, 1.54) is 38.1 Å². The molecule has 0 spiro atoms. The highest BCUT2D eigenvalue weighted by atomic mass is 32.2. The lowest BCUT2D eigenvalue weighted by molar-refractivity contribution is 0.103. The van der Waals surface area contributed by atoms with Gasteiger partial charge in [-0.1, -0.05) is 0 Å². The predicted molar refractivity (Wildman–Crippen MR) is 94.0 cm³/mol. The molecule has 0 unspecified atom stereocenters. The molecule has 1 N–H and O–H groups in total. The van der Waals surface area contributed by atoms with Crippen molar-refractivity contribution in [2.45, 2.75) is 25.0 Å². The van der Waals surface area contributed by atoms with Gasteiger partial charge in [-0.2, -0.15) is 5.10 Å². The van der Waals surface area contributed by atoms with E-state index in [1.807, 2.05) is 0 Å². The van der Waals surface area contributed by atoms with Crippen LogP contribution >= 0.6 is 0 Å². The Morgan fingerprint density at radius 1 is 1.23 bits per heavy atom. The van der Waals surface area contributed by atoms with Crippen LogP contribution in [0.15, 0.2) is 17.0 Å². The molecule has 0 fully saturated rings. The Morgan fingerprint density at radius 2 is 1.85 bits per heavy atom. The minimum Gasteiger partial charge on any atom is -0.493 e. The SMILES string of the molecule is COCc1nn(C)c(O)c1C(=O)c1ccc(S(C)(=O)=O)c(COC)c1C. The largest absolute Gasteiger partial charge is 0.493 e. The van der Waals surface area contributed by atoms with E-state index in [-0.39, 0.29) is 35.1 Å². The number of rotatable bonds is 7. The Labute approximate surface area is 152 Å². The molecule has 0 bridgehead atoms. The van der Waals surface area contributed by atoms with Crippen LogP contribution in [-0.2, 0) is 39.6 Å². The maximum absolute atomic E-state index is 13.1. The van der Waals surface area contributed by atoms with Gasteiger partial charge in [0, 0.05) is 33.1 Å². The third-order valence-corrected chi connectivity index (χ3v) is 5.27. The van der Waals surface area contributed by atoms with Gasteiger partial charge in [0.25, 0.3) is 0 Å². The Hall–Kier alpha value is -2.23. The lowest BCUT2D eigenvalue weighted by Gasteiger charge is -2.14. The number of nitrogens with zero attached hydrogens (tertiary/aromatic N) is 2. The van der Waals surface area contributed by atoms with Crippen molar-refractivity contribution in [3.8, 4) is 5.88 Å². The summed E-state index contributed by atoms with van der Waals surface area (Å²) in [6, 6.07) is 2.82. The van der Waals surface area contributed by atoms with Crippen LogP contribution in [0.2, 0.25) is 0 Å². The Bertz CT molecular complexity index is 947. The van der Waals surface area contributed by atoms with Crippen LogP contribution in [-0.4, -0.2) is 49.6 Å². The van der Waals surface area contributed by atoms with E-state index in [9.17, 15) is 18.3 Å². The maximum Gasteiger partial charge on any atom is 0.220 e. The van der Waals surface area contributed by atoms with Crippen molar-refractivity contribution in [2.75, 3.05) is 20.5 Å². The zero-order chi connectivity index (χ0) is 19.6. The molecule has 0 saturated heterocycles. The second-order valence-corrected chi connectivity index (χ2v) is 7.94. The standard InChI is InChI=1S/C17H22N2O6S/c1-10-11(6-7-14(26(5,22)23)12(10)8-24-3)16(20)15-13(9-25-4)18-19(2)17(15)21/h6-7,21H,8-9H2,1-5H3. The van der Waals surface area contributed by atoms with Crippen molar-refractivity contribution in [2.24, 2.45) is 7.05 Å². The predicted octanol–water partition coefficient (Wildman–Crippen LogP) is 1.36. The molecular weight excluding hydrogens is 360 g/mol. The van der Waals surface area contributed by atoms with Crippen LogP contribution in [0, 0.1) is 6.92 Å². The summed E-state index contributed by atoms with van der Waals surface area (Å²) in [6.45, 7) is 1.75. The number of aromatic nitrogens is 2. The summed E-state index contributed by atoms with van der Waals surface area (Å²) in [5.41, 5.74) is 1.50. The first kappa shape index (κ1) is 20.1. The van der Waals surface area contributed by atoms with Gasteiger partial charge in [0.1, 0.15) is 11.3 Å². The van der Waals surface area contributed by atoms with E-state index >= 15 is 0 Å². The molecule has 142 valence electrons. The Morgan fingerprint density at radius 3 is 2.38 bits per heavy atom. The third-order valence-electron chi connectivity index (χ3n) is 4.09. The first-order valence-corrected chi connectivity index (χ1v) is 9.62. The molecule has 0 saturated carbocycles. The van der Waals surface area contributed by atoms with Gasteiger partial charge >= 0.3 is 0 Å². The molecule has 0 aliphatic carbocycles. The number of benzene rings is 1. The van der Waals surface area contributed by atoms with Gasteiger partial charge < -0.3 is 14.6 Å². The normalized spacial score (nSPS) is 11.7. The monoisotopic (exact) mass is 382 g/mol. The van der Waals surface area contributed by atoms with E-state index in [0.717, 1.165) is 6.26 Å². The average molecular weight is 382 g/mol. The molecule has 1 aromatic heterocycles. The number of hydrogen-bond donors (Lipinski definition) is 1. The average Bonchev–Trinajstić information content (AvgIpc) is 2.82. The second-order valence-electron chi connectivity index (χ2n) is 5.95. The molecule has 26 heavy (non-hydrogen) atoms. The fourth-order valence-corrected chi connectivity index (χ4v) is 3.80. The number of hydrogen-bond acceptors (Lipinski definition) is 7. The number of ketones is 1. The van der Waals surface area contributed by atoms with E-state index in [1.54, 1.807) is 6.92 Å². The molecule has 9 heteroatoms. The number of aryl methyl sites for hydroxylation is 1. The van der Waals surface area contributed by atoms with Crippen molar-refractivity contribution in [3.63, 3.8) is 0 Å². The van der Waals surface area contributed by atoms with Crippen molar-refractivity contribution in [3.05, 3.63) is 40.1 Å². The van der Waals surface area contributed by atoms with Crippen LogP contribution < -0.4 is 0 Å². The summed E-state index contributed by atoms with van der Waals surface area (Å²) < 4.78 is 35.4. The quantitative estimate of drug-likeness (QED) is 0.720. The van der Waals surface area contributed by atoms with Crippen LogP contribution in [0.5, 0.6) is 5.88 Å². The number of carbonyl (C=O) groups excluding carboxylic acids is 1. The number of aromatic hydroxyl groups is 1. The zero-order valence-corrected chi connectivity index (χ0v) is 16.2. The number of methoxy groups -OCH3 is 2. The van der Waals surface area contributed by atoms with Crippen LogP contribution in [0.1, 0.15) is 32.7 Å². The summed E-state index contributed by atoms with van der Waals surface area (Å²) in [6.07, 6.45) is 1.10. The molecule has 0 amide bonds. The molecule has 0 radical (unpaired) electrons. The van der Waals surface area contributed by atoms with Crippen LogP contribution in [0.25, 0.3) is 0 Å². The molecule has 1 heterocycles. The smallest absolute Gasteiger partial charge is 0.220 e. The number of carbonyl (C=O) groups is 1. The highest BCUT2D eigenvalue weighted by Crippen LogP contribution is 2.29. The van der Waals surface area contributed by atoms with Gasteiger partial charge in [0.15, 0.2) is 9.84 Å². The first-order valence-electron chi connectivity index (χ1n) is 7.73. The fraction of sp³-hybridized carbons (Fsp3) is 0.412. The Balaban J connectivity index is 2.67. The topological polar surface area (TPSA) is 108 Å². The lowest BCUT2D eigenvalue weighted by Crippen LogP contribution is -2.12. The van der Waals surface area contributed by atoms with Crippen LogP contribution in [0.3, 0.4) is 0 Å². The van der Waals surface area contributed by atoms with E-state index in [2.05, 4.69) is 5.10 Å². The van der Waals surface area contributed by atoms with Crippen molar-refractivity contribution >= 4 is 15.6 Å². The van der Waals surface area contributed by atoms with Gasteiger partial charge in [-0.25, -0.2) is 13.1 Å². The summed E-state index contributed by atoms with van der Waals surface area (Å²) in [7, 11) is 0.941. The number of ether oxygens (including phenoxy) is 2. The molecule has 0 aliphatic rings. The maximum atomic E-state index is 13.1. The summed E-state index contributed by atoms with van der Waals surface area (Å²) >= 11 is 0. The van der Waals surface area contributed by atoms with E-state index < -0.39 is 15.6 Å². The highest BCUT2D eigenvalue weighted by Gasteiger charge is 2.27. The second kappa shape index (κ2) is 7.56. The summed E-state index contributed by atoms with van der Waals surface area (Å²) in [5, 5.41) is 14.3. The molecule has 2 rings (SSSR count). The zero-order valence-electron chi connectivity index (χ0n) is 15.4. The molecule has 8 nitrogen and oxygen atoms in total. The third kappa shape index (κ3) is 3.64. The fourth-order valence-electron chi connectivity index (χ4n) is 2.82. The van der Waals surface area contributed by atoms with Gasteiger partial charge in [-0.15, -0.1) is 0 Å². The van der Waals surface area contributed by atoms with Crippen molar-refractivity contribution < 1.29 is 27.8 Å². The van der Waals surface area contributed by atoms with E-state index in [0.29, 0.717) is 16.8 Å². The van der Waals surface area contributed by atoms with Crippen molar-refractivity contribution in [1.82, 2.24) is 9.78 Å². The molecule has 0 aliphatic heterocycles. The summed E-state index contributed by atoms with van der Waals surface area (Å²) in [4.78, 5) is 13.2. The van der Waals surface area contributed by atoms with Crippen molar-refractivity contribution in [1.29, 1.82) is 0 Å². The molecule has 2 aromatic rings. The van der Waals surface area contributed by atoms with E-state index in [4.69, 9.17) is 9.47 Å². The minimum absolute atomic E-state index is 0.0351. The van der Waals surface area contributed by atoms with Gasteiger partial charge in [-0.3, -0.25) is 4.79 Å². The van der Waals surface area contributed by atoms with Gasteiger partial charge in [-0.05, 0) is 30.2 Å². The van der Waals surface area contributed by atoms with Crippen LogP contribution in [0.4, 0.5) is 0 Å². The molecule has 1 aromatic carbocycles. The Kier molecular flexibility index (Phi) is 5.84. The number of sulfone groups is 1. The molecular formula is C17H22N2O6S. The van der Waals surface area contributed by atoms with Gasteiger partial charge in [0.2, 0.25) is 11.7 Å². The summed E-state index contributed by atoms with van der Waals surface area (Å²) in [5.74, 6) is -0.737. The van der Waals surface area contributed by atoms with Gasteiger partial charge in [0.05, 0.1) is 18.1 Å². The minimum atomic E-state index is -3.48. The highest BCUT2D eigenvalue weighted by molar-refractivity contribution is 7.90. The first-order chi connectivity index (χ1) is 12.1. The molecule has 0 atom stereocenters. The lowest BCUT2D eigenvalue weighted by atomic mass is 9.95.